The predicted molar refractivity (Wildman–Crippen MR) is 89.2 cm³/mol. The average molecular weight is 350 g/mol. The van der Waals surface area contributed by atoms with Crippen molar-refractivity contribution in [1.82, 2.24) is 14.8 Å². The lowest BCUT2D eigenvalue weighted by molar-refractivity contribution is -0.153. The quantitative estimate of drug-likeness (QED) is 0.652. The number of halogens is 3. The summed E-state index contributed by atoms with van der Waals surface area (Å²) in [6.07, 6.45) is -0.664. The molecule has 3 aromatic rings. The highest BCUT2D eigenvalue weighted by molar-refractivity contribution is 5.86. The Kier molecular flexibility index (Phi) is 4.69. The summed E-state index contributed by atoms with van der Waals surface area (Å²) in [5.41, 5.74) is 3.79. The van der Waals surface area contributed by atoms with Gasteiger partial charge in [0.05, 0.1) is 11.4 Å². The first-order chi connectivity index (χ1) is 12.0. The molecule has 0 unspecified atom stereocenters. The van der Waals surface area contributed by atoms with Crippen molar-refractivity contribution in [2.75, 3.05) is 13.7 Å². The van der Waals surface area contributed by atoms with Crippen molar-refractivity contribution in [3.63, 3.8) is 0 Å². The lowest BCUT2D eigenvalue weighted by atomic mass is 10.2. The van der Waals surface area contributed by atoms with E-state index in [-0.39, 0.29) is 5.75 Å². The Morgan fingerprint density at radius 2 is 1.92 bits per heavy atom. The fraction of sp³-hybridized carbons (Fsp3) is 0.235. The molecule has 0 atom stereocenters. The highest BCUT2D eigenvalue weighted by Gasteiger charge is 2.28. The number of nitrogens with one attached hydrogen (secondary N) is 2. The molecule has 5 nitrogen and oxygen atoms in total. The van der Waals surface area contributed by atoms with E-state index >= 15 is 0 Å². The minimum absolute atomic E-state index is 0.197. The molecular weight excluding hydrogens is 333 g/mol. The van der Waals surface area contributed by atoms with Crippen LogP contribution in [0.4, 0.5) is 13.2 Å². The van der Waals surface area contributed by atoms with E-state index in [1.807, 2.05) is 22.9 Å². The molecule has 1 aromatic carbocycles. The van der Waals surface area contributed by atoms with Crippen molar-refractivity contribution in [3.05, 3.63) is 53.9 Å². The van der Waals surface area contributed by atoms with E-state index in [9.17, 15) is 13.2 Å². The number of nitrogens with zero attached hydrogens (tertiary/aromatic N) is 2. The standard InChI is InChI=1S/C17H17F3N4O/c1-21-9-14-16(23-22-14)15-3-2-8-24(15)10-12-4-6-13(7-5-12)25-11-17(18,19)20/h2-9,22-23H,10-11H2,1H3/b21-9+. The molecule has 2 N–H and O–H groups in total. The Labute approximate surface area is 142 Å². The molecule has 0 aliphatic rings. The van der Waals surface area contributed by atoms with Crippen molar-refractivity contribution in [2.45, 2.75) is 12.7 Å². The molecule has 0 fully saturated rings. The number of hydrogen-bond acceptors (Lipinski definition) is 2. The normalized spacial score (nSPS) is 12.2. The van der Waals surface area contributed by atoms with Crippen LogP contribution in [0, 0.1) is 0 Å². The van der Waals surface area contributed by atoms with Crippen LogP contribution in [0.15, 0.2) is 47.6 Å². The number of aromatic nitrogens is 3. The third-order valence-corrected chi connectivity index (χ3v) is 3.61. The van der Waals surface area contributed by atoms with Crippen LogP contribution in [-0.2, 0) is 6.54 Å². The summed E-state index contributed by atoms with van der Waals surface area (Å²) < 4.78 is 43.3. The maximum absolute atomic E-state index is 12.2. The van der Waals surface area contributed by atoms with Gasteiger partial charge in [-0.15, -0.1) is 0 Å². The monoisotopic (exact) mass is 350 g/mol. The smallest absolute Gasteiger partial charge is 0.422 e. The van der Waals surface area contributed by atoms with Gasteiger partial charge < -0.3 is 9.30 Å². The number of hydrogen-bond donors (Lipinski definition) is 2. The molecule has 0 saturated carbocycles. The molecule has 0 radical (unpaired) electrons. The Morgan fingerprint density at radius 3 is 2.52 bits per heavy atom. The van der Waals surface area contributed by atoms with Crippen LogP contribution < -0.4 is 4.74 Å². The first kappa shape index (κ1) is 16.9. The highest BCUT2D eigenvalue weighted by atomic mass is 19.4. The summed E-state index contributed by atoms with van der Waals surface area (Å²) in [6.45, 7) is -0.702. The maximum atomic E-state index is 12.2. The number of H-pyrrole nitrogens is 2. The number of aromatic amines is 2. The van der Waals surface area contributed by atoms with Gasteiger partial charge in [-0.1, -0.05) is 12.1 Å². The first-order valence-corrected chi connectivity index (χ1v) is 7.59. The molecule has 0 amide bonds. The van der Waals surface area contributed by atoms with Gasteiger partial charge in [0, 0.05) is 26.0 Å². The van der Waals surface area contributed by atoms with E-state index in [1.165, 1.54) is 0 Å². The van der Waals surface area contributed by atoms with Crippen molar-refractivity contribution in [2.24, 2.45) is 4.99 Å². The molecule has 8 heteroatoms. The minimum Gasteiger partial charge on any atom is -0.484 e. The lowest BCUT2D eigenvalue weighted by Crippen LogP contribution is -2.19. The molecular formula is C17H17F3N4O. The van der Waals surface area contributed by atoms with E-state index in [4.69, 9.17) is 4.74 Å². The molecule has 0 saturated heterocycles. The van der Waals surface area contributed by atoms with Gasteiger partial charge in [-0.2, -0.15) is 13.2 Å². The van der Waals surface area contributed by atoms with Gasteiger partial charge in [0.25, 0.3) is 0 Å². The van der Waals surface area contributed by atoms with E-state index < -0.39 is 12.8 Å². The van der Waals surface area contributed by atoms with Gasteiger partial charge in [0.1, 0.15) is 11.4 Å². The zero-order chi connectivity index (χ0) is 17.9. The van der Waals surface area contributed by atoms with Crippen molar-refractivity contribution < 1.29 is 17.9 Å². The van der Waals surface area contributed by atoms with E-state index in [1.54, 1.807) is 37.5 Å². The predicted octanol–water partition coefficient (Wildman–Crippen LogP) is 3.85. The Morgan fingerprint density at radius 1 is 1.16 bits per heavy atom. The zero-order valence-electron chi connectivity index (χ0n) is 13.5. The molecule has 25 heavy (non-hydrogen) atoms. The summed E-state index contributed by atoms with van der Waals surface area (Å²) in [5, 5.41) is 6.01. The van der Waals surface area contributed by atoms with Gasteiger partial charge in [-0.05, 0) is 29.8 Å². The minimum atomic E-state index is -4.34. The molecule has 2 aromatic heterocycles. The molecule has 2 heterocycles. The van der Waals surface area contributed by atoms with Gasteiger partial charge in [0.15, 0.2) is 6.61 Å². The van der Waals surface area contributed by atoms with Gasteiger partial charge in [-0.25, -0.2) is 0 Å². The van der Waals surface area contributed by atoms with Gasteiger partial charge >= 0.3 is 6.18 Å². The molecule has 132 valence electrons. The first-order valence-electron chi connectivity index (χ1n) is 7.59. The van der Waals surface area contributed by atoms with Crippen LogP contribution in [0.1, 0.15) is 11.3 Å². The van der Waals surface area contributed by atoms with Crippen LogP contribution in [0.5, 0.6) is 5.75 Å². The second-order valence-electron chi connectivity index (χ2n) is 5.50. The number of alkyl halides is 3. The number of aliphatic imine (C=N–C) groups is 1. The van der Waals surface area contributed by atoms with Gasteiger partial charge in [0.2, 0.25) is 0 Å². The molecule has 3 rings (SSSR count). The van der Waals surface area contributed by atoms with E-state index in [0.717, 1.165) is 22.6 Å². The number of ether oxygens (including phenoxy) is 1. The summed E-state index contributed by atoms with van der Waals surface area (Å²) in [4.78, 5) is 3.99. The summed E-state index contributed by atoms with van der Waals surface area (Å²) in [6, 6.07) is 10.5. The highest BCUT2D eigenvalue weighted by Crippen LogP contribution is 2.23. The lowest BCUT2D eigenvalue weighted by Gasteiger charge is -2.15. The topological polar surface area (TPSA) is 58.1 Å². The fourth-order valence-corrected chi connectivity index (χ4v) is 2.46. The largest absolute Gasteiger partial charge is 0.484 e. The molecule has 0 aliphatic carbocycles. The molecule has 0 aliphatic heterocycles. The van der Waals surface area contributed by atoms with Crippen molar-refractivity contribution in [1.29, 1.82) is 0 Å². The Bertz CT molecular complexity index is 840. The Balaban J connectivity index is 1.70. The summed E-state index contributed by atoms with van der Waals surface area (Å²) >= 11 is 0. The van der Waals surface area contributed by atoms with E-state index in [0.29, 0.717) is 6.54 Å². The zero-order valence-corrected chi connectivity index (χ0v) is 13.5. The molecule has 0 bridgehead atoms. The third kappa shape index (κ3) is 4.14. The van der Waals surface area contributed by atoms with Crippen LogP contribution >= 0.6 is 0 Å². The fourth-order valence-electron chi connectivity index (χ4n) is 2.46. The van der Waals surface area contributed by atoms with E-state index in [2.05, 4.69) is 15.2 Å². The number of benzene rings is 1. The average Bonchev–Trinajstić information content (AvgIpc) is 2.98. The van der Waals surface area contributed by atoms with Crippen LogP contribution in [0.25, 0.3) is 11.4 Å². The van der Waals surface area contributed by atoms with Crippen LogP contribution in [-0.4, -0.2) is 40.8 Å². The second kappa shape index (κ2) is 6.92. The second-order valence-corrected chi connectivity index (χ2v) is 5.50. The summed E-state index contributed by atoms with van der Waals surface area (Å²) in [5.74, 6) is 0.197. The maximum Gasteiger partial charge on any atom is 0.422 e. The molecule has 0 spiro atoms. The Hall–Kier alpha value is -2.90. The van der Waals surface area contributed by atoms with Crippen molar-refractivity contribution in [3.8, 4) is 17.1 Å². The third-order valence-electron chi connectivity index (χ3n) is 3.61. The SMILES string of the molecule is C/N=C/c1[nH][nH]c1-c1cccn1Cc1ccc(OCC(F)(F)F)cc1. The van der Waals surface area contributed by atoms with Crippen molar-refractivity contribution >= 4 is 6.21 Å². The number of rotatable bonds is 6. The van der Waals surface area contributed by atoms with Crippen LogP contribution in [0.3, 0.4) is 0 Å². The van der Waals surface area contributed by atoms with Crippen LogP contribution in [0.2, 0.25) is 0 Å². The van der Waals surface area contributed by atoms with Gasteiger partial charge in [-0.3, -0.25) is 15.2 Å². The summed E-state index contributed by atoms with van der Waals surface area (Å²) in [7, 11) is 1.70.